The molecule has 0 unspecified atom stereocenters. The van der Waals surface area contributed by atoms with Crippen molar-refractivity contribution in [1.29, 1.82) is 0 Å². The number of aryl methyl sites for hydroxylation is 1. The molecule has 110 valence electrons. The second-order valence-electron chi connectivity index (χ2n) is 3.69. The van der Waals surface area contributed by atoms with E-state index in [2.05, 4.69) is 4.98 Å². The summed E-state index contributed by atoms with van der Waals surface area (Å²) in [4.78, 5) is 39.5. The fourth-order valence-electron chi connectivity index (χ4n) is 1.23. The van der Waals surface area contributed by atoms with E-state index in [4.69, 9.17) is 19.6 Å². The second kappa shape index (κ2) is 5.95. The Morgan fingerprint density at radius 1 is 1.26 bits per heavy atom. The smallest absolute Gasteiger partial charge is 0.370 e. The molecule has 0 saturated carbocycles. The zero-order valence-electron chi connectivity index (χ0n) is 9.66. The van der Waals surface area contributed by atoms with E-state index in [1.807, 2.05) is 0 Å². The molecule has 0 saturated heterocycles. The summed E-state index contributed by atoms with van der Waals surface area (Å²) in [7, 11) is -9.45. The predicted molar refractivity (Wildman–Crippen MR) is 58.2 cm³/mol. The lowest BCUT2D eigenvalue weighted by molar-refractivity contribution is -0.682. The highest BCUT2D eigenvalue weighted by atomic mass is 35.5. The molecule has 5 N–H and O–H groups in total. The Bertz CT molecular complexity index is 520. The molecule has 0 spiro atoms. The monoisotopic (exact) mass is 334 g/mol. The Hall–Kier alpha value is -0.370. The first-order chi connectivity index (χ1) is 7.99. The number of hydrogen-bond donors (Lipinski definition) is 5. The van der Waals surface area contributed by atoms with Gasteiger partial charge in [-0.1, -0.05) is 4.98 Å². The Kier molecular flexibility index (Phi) is 5.83. The SMILES string of the molecule is C[n+]1cccnc1CC(O)(P(=O)(O)O)P(=O)(O)O.[Cl-]. The third-order valence-electron chi connectivity index (χ3n) is 2.35. The van der Waals surface area contributed by atoms with Crippen LogP contribution in [0.4, 0.5) is 0 Å². The van der Waals surface area contributed by atoms with E-state index >= 15 is 0 Å². The molecule has 0 aliphatic heterocycles. The van der Waals surface area contributed by atoms with Gasteiger partial charge in [-0.15, -0.1) is 0 Å². The molecule has 0 aliphatic carbocycles. The Balaban J connectivity index is 0.00000324. The van der Waals surface area contributed by atoms with Crippen LogP contribution in [-0.4, -0.2) is 34.7 Å². The third kappa shape index (κ3) is 3.81. The van der Waals surface area contributed by atoms with Crippen molar-refractivity contribution in [1.82, 2.24) is 4.98 Å². The van der Waals surface area contributed by atoms with Crippen molar-refractivity contribution < 1.29 is 50.8 Å². The van der Waals surface area contributed by atoms with Gasteiger partial charge in [0.25, 0.3) is 5.08 Å². The third-order valence-corrected chi connectivity index (χ3v) is 6.10. The number of aromatic nitrogens is 2. The van der Waals surface area contributed by atoms with Gasteiger partial charge in [-0.25, -0.2) is 4.57 Å². The van der Waals surface area contributed by atoms with Gasteiger partial charge in [0.1, 0.15) is 12.6 Å². The number of aliphatic hydroxyl groups is 1. The van der Waals surface area contributed by atoms with Crippen molar-refractivity contribution in [2.24, 2.45) is 7.05 Å². The average molecular weight is 335 g/mol. The van der Waals surface area contributed by atoms with Crippen molar-refractivity contribution in [3.05, 3.63) is 24.3 Å². The summed E-state index contributed by atoms with van der Waals surface area (Å²) < 4.78 is 23.5. The van der Waals surface area contributed by atoms with Crippen LogP contribution in [0.2, 0.25) is 0 Å². The fourth-order valence-corrected chi connectivity index (χ4v) is 3.28. The highest BCUT2D eigenvalue weighted by molar-refractivity contribution is 7.72. The average Bonchev–Trinajstić information content (AvgIpc) is 2.18. The van der Waals surface area contributed by atoms with Crippen molar-refractivity contribution in [3.8, 4) is 0 Å². The van der Waals surface area contributed by atoms with Crippen molar-refractivity contribution in [3.63, 3.8) is 0 Å². The maximum absolute atomic E-state index is 11.1. The molecule has 0 aromatic carbocycles. The second-order valence-corrected chi connectivity index (χ2v) is 7.69. The van der Waals surface area contributed by atoms with Gasteiger partial charge in [-0.05, 0) is 0 Å². The summed E-state index contributed by atoms with van der Waals surface area (Å²) in [5.74, 6) is -0.0772. The summed E-state index contributed by atoms with van der Waals surface area (Å²) in [6, 6.07) is 1.51. The molecule has 0 bridgehead atoms. The standard InChI is InChI=1S/C7H12N2O7P2.ClH/c1-9-4-2-3-8-6(9)5-7(10,17(11,12)13)18(14,15)16;/h2-4,10H,5H2,1H3,(H3-,11,12,13,14,15,16);1H. The molecule has 9 nitrogen and oxygen atoms in total. The van der Waals surface area contributed by atoms with Crippen molar-refractivity contribution in [2.75, 3.05) is 0 Å². The lowest BCUT2D eigenvalue weighted by Gasteiger charge is -2.27. The van der Waals surface area contributed by atoms with Gasteiger partial charge >= 0.3 is 21.0 Å². The van der Waals surface area contributed by atoms with Crippen LogP contribution in [0.25, 0.3) is 0 Å². The molecular weight excluding hydrogens is 321 g/mol. The largest absolute Gasteiger partial charge is 1.00 e. The van der Waals surface area contributed by atoms with Crippen molar-refractivity contribution in [2.45, 2.75) is 11.5 Å². The first kappa shape index (κ1) is 18.6. The number of nitrogens with zero attached hydrogens (tertiary/aromatic N) is 2. The lowest BCUT2D eigenvalue weighted by Crippen LogP contribution is -3.00. The minimum atomic E-state index is -5.46. The van der Waals surface area contributed by atoms with Crippen LogP contribution in [0.1, 0.15) is 5.82 Å². The minimum Gasteiger partial charge on any atom is -1.00 e. The van der Waals surface area contributed by atoms with E-state index in [0.717, 1.165) is 0 Å². The molecule has 0 aliphatic rings. The van der Waals surface area contributed by atoms with E-state index in [-0.39, 0.29) is 18.2 Å². The van der Waals surface area contributed by atoms with Crippen LogP contribution >= 0.6 is 15.2 Å². The molecule has 0 atom stereocenters. The van der Waals surface area contributed by atoms with E-state index in [1.54, 1.807) is 0 Å². The van der Waals surface area contributed by atoms with Crippen LogP contribution in [0, 0.1) is 0 Å². The number of hydrogen-bond acceptors (Lipinski definition) is 4. The van der Waals surface area contributed by atoms with Crippen LogP contribution in [0.3, 0.4) is 0 Å². The molecule has 1 aromatic rings. The van der Waals surface area contributed by atoms with Crippen LogP contribution in [-0.2, 0) is 22.6 Å². The summed E-state index contributed by atoms with van der Waals surface area (Å²) in [6.07, 6.45) is 1.76. The molecule has 12 heteroatoms. The van der Waals surface area contributed by atoms with Gasteiger partial charge < -0.3 is 37.1 Å². The summed E-state index contributed by atoms with van der Waals surface area (Å²) in [5.41, 5.74) is 0. The predicted octanol–water partition coefficient (Wildman–Crippen LogP) is -4.55. The highest BCUT2D eigenvalue weighted by Crippen LogP contribution is 2.68. The Morgan fingerprint density at radius 2 is 1.74 bits per heavy atom. The van der Waals surface area contributed by atoms with Gasteiger partial charge in [-0.3, -0.25) is 9.13 Å². The molecular formula is C7H13ClN2O7P2. The normalized spacial score (nSPS) is 12.9. The fraction of sp³-hybridized carbons (Fsp3) is 0.429. The molecule has 1 aromatic heterocycles. The van der Waals surface area contributed by atoms with Gasteiger partial charge in [0.15, 0.2) is 0 Å². The van der Waals surface area contributed by atoms with E-state index < -0.39 is 26.7 Å². The number of rotatable bonds is 4. The molecule has 0 fully saturated rings. The lowest BCUT2D eigenvalue weighted by atomic mass is 10.4. The maximum Gasteiger partial charge on any atom is 0.370 e. The first-order valence-corrected chi connectivity index (χ1v) is 7.85. The topological polar surface area (TPSA) is 152 Å². The van der Waals surface area contributed by atoms with E-state index in [1.165, 1.54) is 30.1 Å². The Morgan fingerprint density at radius 3 is 2.11 bits per heavy atom. The first-order valence-electron chi connectivity index (χ1n) is 4.62. The van der Waals surface area contributed by atoms with Gasteiger partial charge in [0.2, 0.25) is 0 Å². The summed E-state index contributed by atoms with van der Waals surface area (Å²) in [5, 5.41) is 6.20. The molecule has 1 rings (SSSR count). The number of halogens is 1. The van der Waals surface area contributed by atoms with Gasteiger partial charge in [-0.2, -0.15) is 0 Å². The minimum absolute atomic E-state index is 0. The van der Waals surface area contributed by atoms with Gasteiger partial charge in [0, 0.05) is 6.07 Å². The van der Waals surface area contributed by atoms with Crippen LogP contribution in [0.5, 0.6) is 0 Å². The maximum atomic E-state index is 11.1. The van der Waals surface area contributed by atoms with E-state index in [9.17, 15) is 14.2 Å². The zero-order valence-corrected chi connectivity index (χ0v) is 12.2. The molecule has 1 heterocycles. The van der Waals surface area contributed by atoms with Crippen LogP contribution in [0.15, 0.2) is 18.5 Å². The highest BCUT2D eigenvalue weighted by Gasteiger charge is 2.61. The summed E-state index contributed by atoms with van der Waals surface area (Å²) in [6.45, 7) is 0. The quantitative estimate of drug-likeness (QED) is 0.273. The summed E-state index contributed by atoms with van der Waals surface area (Å²) >= 11 is 0. The molecule has 0 amide bonds. The van der Waals surface area contributed by atoms with Crippen LogP contribution < -0.4 is 17.0 Å². The zero-order chi connectivity index (χ0) is 14.2. The molecule has 19 heavy (non-hydrogen) atoms. The van der Waals surface area contributed by atoms with E-state index in [0.29, 0.717) is 0 Å². The van der Waals surface area contributed by atoms with Crippen molar-refractivity contribution >= 4 is 15.2 Å². The Labute approximate surface area is 114 Å². The van der Waals surface area contributed by atoms with Gasteiger partial charge in [0.05, 0.1) is 13.2 Å². The molecule has 0 radical (unpaired) electrons.